The summed E-state index contributed by atoms with van der Waals surface area (Å²) in [6.07, 6.45) is 5.17. The van der Waals surface area contributed by atoms with E-state index in [1.807, 2.05) is 11.8 Å². The number of aromatic nitrogens is 2. The largest absolute Gasteiger partial charge is 0.312 e. The zero-order chi connectivity index (χ0) is 10.5. The van der Waals surface area contributed by atoms with Crippen LogP contribution in [0.3, 0.4) is 0 Å². The third-order valence-electron chi connectivity index (χ3n) is 2.28. The van der Waals surface area contributed by atoms with Crippen LogP contribution in [0.25, 0.3) is 0 Å². The topological polar surface area (TPSA) is 54.9 Å². The highest BCUT2D eigenvalue weighted by Gasteiger charge is 2.18. The van der Waals surface area contributed by atoms with E-state index in [2.05, 4.69) is 15.3 Å². The van der Waals surface area contributed by atoms with E-state index in [9.17, 15) is 4.79 Å². The van der Waals surface area contributed by atoms with Crippen molar-refractivity contribution in [3.05, 3.63) is 24.3 Å². The first-order chi connectivity index (χ1) is 7.36. The summed E-state index contributed by atoms with van der Waals surface area (Å²) < 4.78 is 0. The standard InChI is InChI=1S/C10H13N3OS/c14-10(9-6-11-1-2-13-9)5-8-7-15-4-3-12-8/h1-2,6,8,12H,3-5,7H2. The van der Waals surface area contributed by atoms with Crippen molar-refractivity contribution in [1.82, 2.24) is 15.3 Å². The van der Waals surface area contributed by atoms with Gasteiger partial charge in [0.2, 0.25) is 0 Å². The Bertz CT molecular complexity index is 325. The van der Waals surface area contributed by atoms with Gasteiger partial charge < -0.3 is 5.32 Å². The van der Waals surface area contributed by atoms with E-state index in [-0.39, 0.29) is 5.78 Å². The van der Waals surface area contributed by atoms with Gasteiger partial charge in [-0.1, -0.05) is 0 Å². The van der Waals surface area contributed by atoms with E-state index in [1.165, 1.54) is 6.20 Å². The van der Waals surface area contributed by atoms with Crippen molar-refractivity contribution in [2.75, 3.05) is 18.1 Å². The smallest absolute Gasteiger partial charge is 0.184 e. The number of rotatable bonds is 3. The molecular weight excluding hydrogens is 210 g/mol. The van der Waals surface area contributed by atoms with Crippen LogP contribution in [0.15, 0.2) is 18.6 Å². The molecule has 0 radical (unpaired) electrons. The summed E-state index contributed by atoms with van der Waals surface area (Å²) in [6.45, 7) is 0.989. The molecule has 0 amide bonds. The molecular formula is C10H13N3OS. The second kappa shape index (κ2) is 5.23. The Morgan fingerprint density at radius 2 is 2.53 bits per heavy atom. The lowest BCUT2D eigenvalue weighted by atomic mass is 10.1. The molecule has 2 rings (SSSR count). The highest BCUT2D eigenvalue weighted by Crippen LogP contribution is 2.12. The summed E-state index contributed by atoms with van der Waals surface area (Å²) in [6, 6.07) is 0.290. The van der Waals surface area contributed by atoms with Gasteiger partial charge in [0.25, 0.3) is 0 Å². The third kappa shape index (κ3) is 3.00. The molecule has 0 spiro atoms. The van der Waals surface area contributed by atoms with Crippen LogP contribution in [0.4, 0.5) is 0 Å². The van der Waals surface area contributed by atoms with Gasteiger partial charge in [-0.05, 0) is 0 Å². The minimum Gasteiger partial charge on any atom is -0.312 e. The molecule has 1 unspecified atom stereocenters. The first-order valence-electron chi connectivity index (χ1n) is 4.96. The van der Waals surface area contributed by atoms with Crippen molar-refractivity contribution in [3.63, 3.8) is 0 Å². The molecule has 0 bridgehead atoms. The summed E-state index contributed by atoms with van der Waals surface area (Å²) in [5, 5.41) is 3.33. The molecule has 1 aliphatic heterocycles. The van der Waals surface area contributed by atoms with E-state index in [0.29, 0.717) is 18.2 Å². The Labute approximate surface area is 92.9 Å². The molecule has 0 aromatic carbocycles. The molecule has 0 aliphatic carbocycles. The van der Waals surface area contributed by atoms with Gasteiger partial charge in [-0.15, -0.1) is 0 Å². The zero-order valence-corrected chi connectivity index (χ0v) is 9.17. The molecule has 4 nitrogen and oxygen atoms in total. The Kier molecular flexibility index (Phi) is 3.69. The number of hydrogen-bond acceptors (Lipinski definition) is 5. The maximum atomic E-state index is 11.8. The summed E-state index contributed by atoms with van der Waals surface area (Å²) in [7, 11) is 0. The predicted molar refractivity (Wildman–Crippen MR) is 60.1 cm³/mol. The maximum Gasteiger partial charge on any atom is 0.184 e. The number of nitrogens with zero attached hydrogens (tertiary/aromatic N) is 2. The Balaban J connectivity index is 1.91. The van der Waals surface area contributed by atoms with Crippen molar-refractivity contribution in [1.29, 1.82) is 0 Å². The molecule has 1 aromatic heterocycles. The van der Waals surface area contributed by atoms with E-state index in [0.717, 1.165) is 18.1 Å². The summed E-state index contributed by atoms with van der Waals surface area (Å²) in [5.41, 5.74) is 0.467. The quantitative estimate of drug-likeness (QED) is 0.766. The van der Waals surface area contributed by atoms with Crippen molar-refractivity contribution in [2.24, 2.45) is 0 Å². The fraction of sp³-hybridized carbons (Fsp3) is 0.500. The number of Topliss-reactive ketones (excluding diaryl/α,β-unsaturated/α-hetero) is 1. The van der Waals surface area contributed by atoms with E-state index < -0.39 is 0 Å². The van der Waals surface area contributed by atoms with Crippen LogP contribution in [0, 0.1) is 0 Å². The van der Waals surface area contributed by atoms with Crippen molar-refractivity contribution in [3.8, 4) is 0 Å². The average molecular weight is 223 g/mol. The van der Waals surface area contributed by atoms with Gasteiger partial charge in [0.05, 0.1) is 6.20 Å². The maximum absolute atomic E-state index is 11.8. The predicted octanol–water partition coefficient (Wildman–Crippen LogP) is 0.754. The monoisotopic (exact) mass is 223 g/mol. The molecule has 1 fully saturated rings. The zero-order valence-electron chi connectivity index (χ0n) is 8.35. The molecule has 80 valence electrons. The molecule has 5 heteroatoms. The van der Waals surface area contributed by atoms with Crippen LogP contribution >= 0.6 is 11.8 Å². The lowest BCUT2D eigenvalue weighted by Gasteiger charge is -2.22. The number of carbonyl (C=O) groups excluding carboxylic acids is 1. The first kappa shape index (κ1) is 10.6. The molecule has 2 heterocycles. The van der Waals surface area contributed by atoms with Crippen molar-refractivity contribution < 1.29 is 4.79 Å². The lowest BCUT2D eigenvalue weighted by molar-refractivity contribution is 0.0967. The Morgan fingerprint density at radius 3 is 3.20 bits per heavy atom. The SMILES string of the molecule is O=C(CC1CSCCN1)c1cnccn1. The normalized spacial score (nSPS) is 21.2. The molecule has 1 atom stereocenters. The van der Waals surface area contributed by atoms with Gasteiger partial charge in [0.1, 0.15) is 5.69 Å². The Morgan fingerprint density at radius 1 is 1.60 bits per heavy atom. The first-order valence-corrected chi connectivity index (χ1v) is 6.12. The molecule has 1 saturated heterocycles. The minimum absolute atomic E-state index is 0.0723. The molecule has 1 N–H and O–H groups in total. The number of hydrogen-bond donors (Lipinski definition) is 1. The van der Waals surface area contributed by atoms with Crippen LogP contribution in [-0.2, 0) is 0 Å². The number of thioether (sulfide) groups is 1. The second-order valence-corrected chi connectivity index (χ2v) is 4.59. The summed E-state index contributed by atoms with van der Waals surface area (Å²) in [5.74, 6) is 2.21. The van der Waals surface area contributed by atoms with E-state index >= 15 is 0 Å². The highest BCUT2D eigenvalue weighted by atomic mass is 32.2. The van der Waals surface area contributed by atoms with Crippen LogP contribution in [-0.4, -0.2) is 39.8 Å². The van der Waals surface area contributed by atoms with Gasteiger partial charge in [0.15, 0.2) is 5.78 Å². The van der Waals surface area contributed by atoms with Crippen molar-refractivity contribution in [2.45, 2.75) is 12.5 Å². The van der Waals surface area contributed by atoms with Crippen LogP contribution < -0.4 is 5.32 Å². The van der Waals surface area contributed by atoms with Gasteiger partial charge in [-0.2, -0.15) is 11.8 Å². The van der Waals surface area contributed by atoms with E-state index in [4.69, 9.17) is 0 Å². The third-order valence-corrected chi connectivity index (χ3v) is 3.41. The van der Waals surface area contributed by atoms with Gasteiger partial charge >= 0.3 is 0 Å². The lowest BCUT2D eigenvalue weighted by Crippen LogP contribution is -2.39. The molecule has 15 heavy (non-hydrogen) atoms. The fourth-order valence-electron chi connectivity index (χ4n) is 1.52. The molecule has 1 aromatic rings. The average Bonchev–Trinajstić information content (AvgIpc) is 2.31. The molecule has 1 aliphatic rings. The fourth-order valence-corrected chi connectivity index (χ4v) is 2.47. The van der Waals surface area contributed by atoms with Crippen molar-refractivity contribution >= 4 is 17.5 Å². The molecule has 0 saturated carbocycles. The van der Waals surface area contributed by atoms with E-state index in [1.54, 1.807) is 12.4 Å². The van der Waals surface area contributed by atoms with Gasteiger partial charge in [-0.3, -0.25) is 9.78 Å². The van der Waals surface area contributed by atoms with Crippen LogP contribution in [0.1, 0.15) is 16.9 Å². The van der Waals surface area contributed by atoms with Gasteiger partial charge in [0, 0.05) is 42.9 Å². The summed E-state index contributed by atoms with van der Waals surface area (Å²) in [4.78, 5) is 19.6. The second-order valence-electron chi connectivity index (χ2n) is 3.44. The van der Waals surface area contributed by atoms with Crippen LogP contribution in [0.5, 0.6) is 0 Å². The number of ketones is 1. The summed E-state index contributed by atoms with van der Waals surface area (Å²) >= 11 is 1.89. The minimum atomic E-state index is 0.0723. The van der Waals surface area contributed by atoms with Crippen LogP contribution in [0.2, 0.25) is 0 Å². The van der Waals surface area contributed by atoms with Gasteiger partial charge in [-0.25, -0.2) is 4.98 Å². The highest BCUT2D eigenvalue weighted by molar-refractivity contribution is 7.99. The number of carbonyl (C=O) groups is 1. The number of nitrogens with one attached hydrogen (secondary N) is 1. The Hall–Kier alpha value is -0.940.